The first-order valence-electron chi connectivity index (χ1n) is 10.9. The molecule has 7 nitrogen and oxygen atoms in total. The fourth-order valence-electron chi connectivity index (χ4n) is 3.87. The fraction of sp³-hybridized carbons (Fsp3) is 0.545. The van der Waals surface area contributed by atoms with Crippen molar-refractivity contribution in [1.29, 1.82) is 0 Å². The number of piperazine rings is 1. The van der Waals surface area contributed by atoms with Crippen LogP contribution in [0.15, 0.2) is 40.1 Å². The number of hydrogen-bond acceptors (Lipinski definition) is 5. The van der Waals surface area contributed by atoms with E-state index < -0.39 is 18.5 Å². The van der Waals surface area contributed by atoms with Gasteiger partial charge in [-0.1, -0.05) is 25.5 Å². The van der Waals surface area contributed by atoms with E-state index in [0.717, 1.165) is 26.1 Å². The van der Waals surface area contributed by atoms with E-state index in [1.54, 1.807) is 24.3 Å². The van der Waals surface area contributed by atoms with Gasteiger partial charge < -0.3 is 14.6 Å². The minimum absolute atomic E-state index is 0. The second-order valence-corrected chi connectivity index (χ2v) is 7.88. The molecule has 1 aromatic heterocycles. The van der Waals surface area contributed by atoms with Crippen LogP contribution in [0.1, 0.15) is 25.3 Å². The number of hydrogen-bond donors (Lipinski definition) is 1. The van der Waals surface area contributed by atoms with Crippen LogP contribution >= 0.6 is 12.4 Å². The summed E-state index contributed by atoms with van der Waals surface area (Å²) >= 11 is 0. The Morgan fingerprint density at radius 3 is 2.42 bits per heavy atom. The second-order valence-electron chi connectivity index (χ2n) is 7.88. The summed E-state index contributed by atoms with van der Waals surface area (Å²) in [6, 6.07) is 6.76. The van der Waals surface area contributed by atoms with E-state index in [2.05, 4.69) is 9.88 Å². The average molecular weight is 491 g/mol. The maximum Gasteiger partial charge on any atom is 0.422 e. The molecule has 0 spiro atoms. The van der Waals surface area contributed by atoms with Crippen LogP contribution in [0.5, 0.6) is 5.75 Å². The first-order chi connectivity index (χ1) is 15.3. The molecule has 0 amide bonds. The highest BCUT2D eigenvalue weighted by Crippen LogP contribution is 2.30. The number of alkyl halides is 3. The molecule has 1 saturated heterocycles. The van der Waals surface area contributed by atoms with E-state index >= 15 is 0 Å². The maximum atomic E-state index is 12.5. The minimum Gasteiger partial charge on any atom is -0.482 e. The van der Waals surface area contributed by atoms with Gasteiger partial charge in [0.15, 0.2) is 6.61 Å². The average Bonchev–Trinajstić information content (AvgIpc) is 2.77. The van der Waals surface area contributed by atoms with Crippen molar-refractivity contribution in [3.8, 4) is 5.75 Å². The SMILES string of the molecule is CCCc1c[nH]c(=O)n(CCCN2CCN(c3ccccc3OCC(F)(F)F)CC2)c1=O.Cl. The van der Waals surface area contributed by atoms with Crippen molar-refractivity contribution in [3.05, 3.63) is 56.9 Å². The van der Waals surface area contributed by atoms with Crippen molar-refractivity contribution in [2.45, 2.75) is 38.9 Å². The van der Waals surface area contributed by atoms with Crippen LogP contribution in [-0.2, 0) is 13.0 Å². The van der Waals surface area contributed by atoms with Crippen LogP contribution in [0.25, 0.3) is 0 Å². The lowest BCUT2D eigenvalue weighted by Gasteiger charge is -2.36. The first-order valence-corrected chi connectivity index (χ1v) is 10.9. The predicted molar refractivity (Wildman–Crippen MR) is 124 cm³/mol. The zero-order valence-corrected chi connectivity index (χ0v) is 19.4. The van der Waals surface area contributed by atoms with E-state index in [9.17, 15) is 22.8 Å². The zero-order chi connectivity index (χ0) is 23.1. The minimum atomic E-state index is -4.38. The topological polar surface area (TPSA) is 70.6 Å². The fourth-order valence-corrected chi connectivity index (χ4v) is 3.87. The van der Waals surface area contributed by atoms with E-state index in [1.165, 1.54) is 10.8 Å². The number of rotatable bonds is 9. The number of nitrogens with one attached hydrogen (secondary N) is 1. The highest BCUT2D eigenvalue weighted by Gasteiger charge is 2.29. The van der Waals surface area contributed by atoms with E-state index in [0.29, 0.717) is 43.7 Å². The molecular formula is C22H30ClF3N4O3. The smallest absolute Gasteiger partial charge is 0.422 e. The summed E-state index contributed by atoms with van der Waals surface area (Å²) < 4.78 is 43.8. The summed E-state index contributed by atoms with van der Waals surface area (Å²) in [6.45, 7) is 4.50. The Morgan fingerprint density at radius 2 is 1.76 bits per heavy atom. The van der Waals surface area contributed by atoms with Crippen LogP contribution in [0, 0.1) is 0 Å². The van der Waals surface area contributed by atoms with Crippen LogP contribution in [0.3, 0.4) is 0 Å². The number of benzene rings is 1. The molecule has 0 saturated carbocycles. The third-order valence-electron chi connectivity index (χ3n) is 5.48. The van der Waals surface area contributed by atoms with Gasteiger partial charge in [0.1, 0.15) is 5.75 Å². The standard InChI is InChI=1S/C22H29F3N4O3.ClH/c1-2-6-17-15-26-21(31)29(20(17)30)10-5-9-27-11-13-28(14-12-27)18-7-3-4-8-19(18)32-16-22(23,24)25;/h3-4,7-8,15H,2,5-6,9-14,16H2,1H3,(H,26,31);1H. The molecule has 1 N–H and O–H groups in total. The van der Waals surface area contributed by atoms with Crippen molar-refractivity contribution < 1.29 is 17.9 Å². The first kappa shape index (κ1) is 26.8. The number of anilines is 1. The van der Waals surface area contributed by atoms with Gasteiger partial charge in [0, 0.05) is 44.5 Å². The molecule has 0 unspecified atom stereocenters. The van der Waals surface area contributed by atoms with Crippen LogP contribution < -0.4 is 20.9 Å². The predicted octanol–water partition coefficient (Wildman–Crippen LogP) is 3.06. The molecule has 1 aliphatic rings. The summed E-state index contributed by atoms with van der Waals surface area (Å²) in [4.78, 5) is 31.4. The summed E-state index contributed by atoms with van der Waals surface area (Å²) in [5, 5.41) is 0. The molecule has 2 heterocycles. The molecule has 33 heavy (non-hydrogen) atoms. The normalized spacial score (nSPS) is 14.7. The number of ether oxygens (including phenoxy) is 1. The van der Waals surface area contributed by atoms with Gasteiger partial charge in [-0.15, -0.1) is 12.4 Å². The molecule has 11 heteroatoms. The largest absolute Gasteiger partial charge is 0.482 e. The van der Waals surface area contributed by atoms with Gasteiger partial charge in [0.25, 0.3) is 5.56 Å². The Labute approximate surface area is 196 Å². The van der Waals surface area contributed by atoms with Crippen molar-refractivity contribution in [1.82, 2.24) is 14.5 Å². The van der Waals surface area contributed by atoms with E-state index in [-0.39, 0.29) is 23.7 Å². The monoisotopic (exact) mass is 490 g/mol. The Morgan fingerprint density at radius 1 is 1.06 bits per heavy atom. The lowest BCUT2D eigenvalue weighted by atomic mass is 10.2. The molecule has 3 rings (SSSR count). The van der Waals surface area contributed by atoms with Crippen LogP contribution in [-0.4, -0.2) is 60.0 Å². The van der Waals surface area contributed by atoms with Crippen molar-refractivity contribution in [2.75, 3.05) is 44.2 Å². The molecule has 2 aromatic rings. The zero-order valence-electron chi connectivity index (χ0n) is 18.6. The van der Waals surface area contributed by atoms with Gasteiger partial charge in [-0.25, -0.2) is 4.79 Å². The Balaban J connectivity index is 0.00000385. The lowest BCUT2D eigenvalue weighted by Crippen LogP contribution is -2.47. The molecule has 1 aromatic carbocycles. The number of aromatic amines is 1. The molecule has 1 aliphatic heterocycles. The second kappa shape index (κ2) is 12.1. The molecule has 0 aliphatic carbocycles. The number of halogens is 4. The third-order valence-corrected chi connectivity index (χ3v) is 5.48. The van der Waals surface area contributed by atoms with Crippen molar-refractivity contribution in [3.63, 3.8) is 0 Å². The summed E-state index contributed by atoms with van der Waals surface area (Å²) in [5.41, 5.74) is 0.653. The quantitative estimate of drug-likeness (QED) is 0.585. The molecule has 0 bridgehead atoms. The summed E-state index contributed by atoms with van der Waals surface area (Å²) in [5.74, 6) is 0.226. The number of para-hydroxylation sites is 2. The Hall–Kier alpha value is -2.46. The van der Waals surface area contributed by atoms with Crippen LogP contribution in [0.4, 0.5) is 18.9 Å². The van der Waals surface area contributed by atoms with Gasteiger partial charge in [-0.3, -0.25) is 14.3 Å². The molecule has 0 atom stereocenters. The third kappa shape index (κ3) is 7.53. The Bertz CT molecular complexity index is 1000. The number of aromatic nitrogens is 2. The van der Waals surface area contributed by atoms with Gasteiger partial charge in [0.2, 0.25) is 0 Å². The van der Waals surface area contributed by atoms with E-state index in [4.69, 9.17) is 4.74 Å². The molecular weight excluding hydrogens is 461 g/mol. The molecule has 1 fully saturated rings. The van der Waals surface area contributed by atoms with Gasteiger partial charge in [-0.2, -0.15) is 13.2 Å². The van der Waals surface area contributed by atoms with Gasteiger partial charge in [0.05, 0.1) is 5.69 Å². The van der Waals surface area contributed by atoms with Gasteiger partial charge >= 0.3 is 11.9 Å². The van der Waals surface area contributed by atoms with Crippen molar-refractivity contribution >= 4 is 18.1 Å². The number of nitrogens with zero attached hydrogens (tertiary/aromatic N) is 3. The maximum absolute atomic E-state index is 12.5. The van der Waals surface area contributed by atoms with Gasteiger partial charge in [-0.05, 0) is 31.5 Å². The lowest BCUT2D eigenvalue weighted by molar-refractivity contribution is -0.153. The number of aryl methyl sites for hydroxylation is 1. The van der Waals surface area contributed by atoms with E-state index in [1.807, 2.05) is 11.8 Å². The number of H-pyrrole nitrogens is 1. The summed E-state index contributed by atoms with van der Waals surface area (Å²) in [7, 11) is 0. The highest BCUT2D eigenvalue weighted by molar-refractivity contribution is 5.85. The summed E-state index contributed by atoms with van der Waals surface area (Å²) in [6.07, 6.45) is -0.767. The molecule has 0 radical (unpaired) electrons. The Kier molecular flexibility index (Phi) is 9.85. The highest BCUT2D eigenvalue weighted by atomic mass is 35.5. The van der Waals surface area contributed by atoms with Crippen LogP contribution in [0.2, 0.25) is 0 Å². The van der Waals surface area contributed by atoms with Crippen molar-refractivity contribution in [2.24, 2.45) is 0 Å². The molecule has 184 valence electrons.